The van der Waals surface area contributed by atoms with Gasteiger partial charge in [0.25, 0.3) is 0 Å². The van der Waals surface area contributed by atoms with E-state index in [1.807, 2.05) is 18.2 Å². The maximum atomic E-state index is 15.4. The third-order valence-corrected chi connectivity index (χ3v) is 20.8. The quantitative estimate of drug-likeness (QED) is 0.0161. The molecule has 4 aromatic carbocycles. The zero-order valence-corrected chi connectivity index (χ0v) is 63.8. The van der Waals surface area contributed by atoms with Crippen LogP contribution >= 0.6 is 11.8 Å². The number of hydrogen-bond acceptors (Lipinski definition) is 15. The molecule has 6 atom stereocenters. The fourth-order valence-corrected chi connectivity index (χ4v) is 13.5. The molecule has 632 valence electrons. The highest BCUT2D eigenvalue weighted by Gasteiger charge is 2.86. The first-order chi connectivity index (χ1) is 52.7. The number of phenolic OH excluding ortho intramolecular Hbond substituents is 1. The van der Waals surface area contributed by atoms with Gasteiger partial charge in [0.1, 0.15) is 22.5 Å². The summed E-state index contributed by atoms with van der Waals surface area (Å²) in [6.07, 6.45) is -2.18. The molecule has 16 nitrogen and oxygen atoms in total. The van der Waals surface area contributed by atoms with E-state index in [-0.39, 0.29) is 61.6 Å². The van der Waals surface area contributed by atoms with Crippen LogP contribution in [0.25, 0.3) is 16.7 Å². The number of esters is 4. The van der Waals surface area contributed by atoms with Crippen LogP contribution < -0.4 is 14.8 Å². The van der Waals surface area contributed by atoms with Gasteiger partial charge in [-0.15, -0.1) is 15.0 Å². The molecule has 0 fully saturated rings. The summed E-state index contributed by atoms with van der Waals surface area (Å²) in [6, 6.07) is 24.6. The van der Waals surface area contributed by atoms with Crippen molar-refractivity contribution < 1.29 is 145 Å². The largest absolute Gasteiger partial charge is 0.506 e. The van der Waals surface area contributed by atoms with Crippen molar-refractivity contribution in [3.8, 4) is 22.9 Å². The van der Waals surface area contributed by atoms with Gasteiger partial charge in [-0.2, -0.15) is 99.6 Å². The molecule has 0 saturated heterocycles. The maximum absolute atomic E-state index is 15.4. The Morgan fingerprint density at radius 2 is 1.03 bits per heavy atom. The van der Waals surface area contributed by atoms with Crippen LogP contribution in [-0.2, 0) is 61.5 Å². The lowest BCUT2D eigenvalue weighted by Gasteiger charge is -2.39. The van der Waals surface area contributed by atoms with Crippen LogP contribution in [0.1, 0.15) is 142 Å². The lowest BCUT2D eigenvalue weighted by atomic mass is 9.67. The SMILES string of the molecule is CCCC(C)(CC(CC(C)(CC(CC(C)(CC)C(=O)OCCc1ccc(O)c(-n2nc3ccccc3n2)c1)C(=O)OCCC(F)(F)C(F)(F)C(F)(F)C(F)(F)C(C)(F)F)C(=O)OCCCSC)C(=O)OCCC(F)(F)C(F)(F)C(F)(F)C(F)(F)C(C)(F)F)C(=O)NCCc1ccc2c(c1)OC(C1=CCCC=C1)(c1ccccc1)O2. The lowest BCUT2D eigenvalue weighted by molar-refractivity contribution is -0.399. The summed E-state index contributed by atoms with van der Waals surface area (Å²) in [5, 5.41) is 22.2. The van der Waals surface area contributed by atoms with Crippen molar-refractivity contribution >= 4 is 52.6 Å². The van der Waals surface area contributed by atoms with Crippen LogP contribution in [0, 0.1) is 28.1 Å². The van der Waals surface area contributed by atoms with E-state index in [1.54, 1.807) is 79.1 Å². The van der Waals surface area contributed by atoms with E-state index in [9.17, 15) is 77.0 Å². The molecular formula is C77H86F20N4O12S. The van der Waals surface area contributed by atoms with Crippen molar-refractivity contribution in [2.45, 2.75) is 203 Å². The minimum atomic E-state index is -7.54. The highest BCUT2D eigenvalue weighted by Crippen LogP contribution is 2.60. The summed E-state index contributed by atoms with van der Waals surface area (Å²) < 4.78 is 328. The first kappa shape index (κ1) is 92.6. The number of nitrogens with zero attached hydrogens (tertiary/aromatic N) is 3. The Balaban J connectivity index is 1.26. The first-order valence-corrected chi connectivity index (χ1v) is 37.4. The predicted molar refractivity (Wildman–Crippen MR) is 375 cm³/mol. The fourth-order valence-electron chi connectivity index (χ4n) is 13.1. The Labute approximate surface area is 646 Å². The van der Waals surface area contributed by atoms with Crippen molar-refractivity contribution in [3.05, 3.63) is 131 Å². The van der Waals surface area contributed by atoms with Gasteiger partial charge < -0.3 is 38.8 Å². The molecule has 5 aromatic rings. The Kier molecular flexibility index (Phi) is 28.8. The van der Waals surface area contributed by atoms with Gasteiger partial charge in [0.15, 0.2) is 11.5 Å². The monoisotopic (exact) mass is 1670 g/mol. The average molecular weight is 1670 g/mol. The number of carbonyl (C=O) groups is 5. The van der Waals surface area contributed by atoms with E-state index in [4.69, 9.17) is 28.4 Å². The standard InChI is InChI=1S/C77H86F20N4O12S/c1-9-32-65(4,61(105)98-35-30-47-27-29-57-58(42-47)113-71(112-57,51-20-13-11-14-21-51)52-22-15-12-16-23-52)44-50(60(104)109-39-34-70(84,85)75(92,93)77(96,97)73(88,89)68(7,80)81)46-66(5,63(107)110-36-19-40-114-8)45-49(59(103)108-38-33-69(82,83)74(90,91)76(94,95)72(86,87)67(6,78)79)43-64(3,10-2)62(106)111-37-31-48-26-28-56(102)55(41-48)101-99-53-24-17-18-25-54(53)100-101/h11,13-15,17-18,20-29,41-42,49-50,102H,9-10,12,16,19,30-40,43-46H2,1-8H3,(H,98,105). The second-order valence-electron chi connectivity index (χ2n) is 29.2. The Hall–Kier alpha value is -8.54. The molecule has 7 rings (SSSR count). The second-order valence-corrected chi connectivity index (χ2v) is 30.2. The highest BCUT2D eigenvalue weighted by molar-refractivity contribution is 7.98. The molecule has 6 unspecified atom stereocenters. The summed E-state index contributed by atoms with van der Waals surface area (Å²) in [5.74, 6) is -82.0. The summed E-state index contributed by atoms with van der Waals surface area (Å²) in [7, 11) is 0. The lowest BCUT2D eigenvalue weighted by Crippen LogP contribution is -2.66. The number of hydrogen-bond donors (Lipinski definition) is 2. The molecule has 37 heteroatoms. The van der Waals surface area contributed by atoms with Crippen molar-refractivity contribution in [1.82, 2.24) is 20.3 Å². The molecular weight excluding hydrogens is 1580 g/mol. The number of ether oxygens (including phenoxy) is 6. The van der Waals surface area contributed by atoms with Crippen molar-refractivity contribution in [2.75, 3.05) is 45.0 Å². The number of fused-ring (bicyclic) bond motifs is 2. The zero-order valence-electron chi connectivity index (χ0n) is 62.9. The number of nitrogens with one attached hydrogen (secondary N) is 1. The summed E-state index contributed by atoms with van der Waals surface area (Å²) in [5.41, 5.74) is -3.58. The molecule has 1 aliphatic heterocycles. The number of carbonyl (C=O) groups excluding carboxylic acids is 5. The van der Waals surface area contributed by atoms with Crippen LogP contribution in [0.4, 0.5) is 87.8 Å². The van der Waals surface area contributed by atoms with E-state index in [2.05, 4.69) is 15.5 Å². The van der Waals surface area contributed by atoms with Crippen LogP contribution in [-0.4, -0.2) is 154 Å². The van der Waals surface area contributed by atoms with E-state index in [0.29, 0.717) is 45.5 Å². The molecule has 2 heterocycles. The van der Waals surface area contributed by atoms with Crippen LogP contribution in [0.5, 0.6) is 17.2 Å². The van der Waals surface area contributed by atoms with Gasteiger partial charge in [-0.3, -0.25) is 24.0 Å². The number of phenols is 1. The minimum absolute atomic E-state index is 0.00704. The number of rotatable bonds is 43. The molecule has 1 aliphatic carbocycles. The fraction of sp³-hybridized carbons (Fsp3) is 0.571. The van der Waals surface area contributed by atoms with Crippen molar-refractivity contribution in [2.24, 2.45) is 28.1 Å². The molecule has 1 aromatic heterocycles. The van der Waals surface area contributed by atoms with Gasteiger partial charge in [0.2, 0.25) is 5.91 Å². The molecule has 1 amide bonds. The topological polar surface area (TPSA) is 204 Å². The molecule has 0 radical (unpaired) electrons. The number of halogens is 20. The second kappa shape index (κ2) is 35.5. The Morgan fingerprint density at radius 1 is 0.544 bits per heavy atom. The van der Waals surface area contributed by atoms with Gasteiger partial charge in [-0.25, -0.2) is 0 Å². The van der Waals surface area contributed by atoms with Crippen molar-refractivity contribution in [1.29, 1.82) is 0 Å². The number of amides is 1. The molecule has 2 N–H and O–H groups in total. The van der Waals surface area contributed by atoms with Crippen molar-refractivity contribution in [3.63, 3.8) is 0 Å². The zero-order chi connectivity index (χ0) is 85.3. The third kappa shape index (κ3) is 19.6. The smallest absolute Gasteiger partial charge is 0.384 e. The minimum Gasteiger partial charge on any atom is -0.506 e. The molecule has 0 bridgehead atoms. The van der Waals surface area contributed by atoms with E-state index < -0.39 is 208 Å². The predicted octanol–water partition coefficient (Wildman–Crippen LogP) is 19.0. The molecule has 0 saturated carbocycles. The van der Waals surface area contributed by atoms with E-state index >= 15 is 39.9 Å². The number of aromatic nitrogens is 3. The van der Waals surface area contributed by atoms with Gasteiger partial charge in [0.05, 0.1) is 61.9 Å². The molecule has 114 heavy (non-hydrogen) atoms. The maximum Gasteiger partial charge on any atom is 0.384 e. The Bertz CT molecular complexity index is 4220. The van der Waals surface area contributed by atoms with Crippen LogP contribution in [0.15, 0.2) is 115 Å². The van der Waals surface area contributed by atoms with Gasteiger partial charge >= 0.3 is 88.9 Å². The molecule has 2 aliphatic rings. The number of aromatic hydroxyl groups is 1. The average Bonchev–Trinajstić information content (AvgIpc) is 1.05. The first-order valence-electron chi connectivity index (χ1n) is 36.0. The highest BCUT2D eigenvalue weighted by atomic mass is 32.2. The summed E-state index contributed by atoms with van der Waals surface area (Å²) in [6.45, 7) is -1.53. The third-order valence-electron chi connectivity index (χ3n) is 20.1. The number of alkyl halides is 20. The number of thioether (sulfide) groups is 1. The number of benzene rings is 4. The molecule has 0 spiro atoms. The summed E-state index contributed by atoms with van der Waals surface area (Å²) >= 11 is 1.21. The van der Waals surface area contributed by atoms with E-state index in [1.165, 1.54) is 50.7 Å². The summed E-state index contributed by atoms with van der Waals surface area (Å²) in [4.78, 5) is 75.2. The van der Waals surface area contributed by atoms with Gasteiger partial charge in [0, 0.05) is 43.4 Å². The van der Waals surface area contributed by atoms with E-state index in [0.717, 1.165) is 25.1 Å². The normalized spacial score (nSPS) is 17.6. The van der Waals surface area contributed by atoms with Gasteiger partial charge in [-0.05, 0) is 138 Å². The van der Waals surface area contributed by atoms with Crippen LogP contribution in [0.2, 0.25) is 0 Å². The number of allylic oxidation sites excluding steroid dienone is 2. The Morgan fingerprint density at radius 3 is 1.53 bits per heavy atom. The van der Waals surface area contributed by atoms with Crippen LogP contribution in [0.3, 0.4) is 0 Å². The van der Waals surface area contributed by atoms with Gasteiger partial charge in [-0.1, -0.05) is 100 Å².